The standard InChI is InChI=1S/C15H15IO/c1-11-6-5-7-12(2)13(11)10-17-15-9-4-3-8-14(15)16/h3-9H,10H2,1-2H3. The van der Waals surface area contributed by atoms with Gasteiger partial charge in [0.2, 0.25) is 0 Å². The van der Waals surface area contributed by atoms with Crippen LogP contribution >= 0.6 is 22.6 Å². The van der Waals surface area contributed by atoms with Gasteiger partial charge in [-0.05, 0) is 65.3 Å². The Morgan fingerprint density at radius 3 is 2.24 bits per heavy atom. The van der Waals surface area contributed by atoms with Crippen molar-refractivity contribution in [1.29, 1.82) is 0 Å². The van der Waals surface area contributed by atoms with Gasteiger partial charge in [-0.2, -0.15) is 0 Å². The van der Waals surface area contributed by atoms with Gasteiger partial charge in [-0.1, -0.05) is 30.3 Å². The zero-order chi connectivity index (χ0) is 12.3. The molecule has 0 aliphatic heterocycles. The van der Waals surface area contributed by atoms with Gasteiger partial charge in [0.15, 0.2) is 0 Å². The number of rotatable bonds is 3. The van der Waals surface area contributed by atoms with Crippen LogP contribution < -0.4 is 4.74 Å². The molecule has 0 heterocycles. The Balaban J connectivity index is 2.16. The van der Waals surface area contributed by atoms with E-state index >= 15 is 0 Å². The van der Waals surface area contributed by atoms with Gasteiger partial charge in [-0.25, -0.2) is 0 Å². The zero-order valence-corrected chi connectivity index (χ0v) is 12.2. The van der Waals surface area contributed by atoms with E-state index in [1.54, 1.807) is 0 Å². The van der Waals surface area contributed by atoms with Crippen LogP contribution in [0.5, 0.6) is 5.75 Å². The van der Waals surface area contributed by atoms with Crippen molar-refractivity contribution in [3.63, 3.8) is 0 Å². The molecular formula is C15H15IO. The number of hydrogen-bond acceptors (Lipinski definition) is 1. The van der Waals surface area contributed by atoms with Crippen LogP contribution in [0.1, 0.15) is 16.7 Å². The van der Waals surface area contributed by atoms with Crippen LogP contribution in [0.3, 0.4) is 0 Å². The SMILES string of the molecule is Cc1cccc(C)c1COc1ccccc1I. The van der Waals surface area contributed by atoms with E-state index in [2.05, 4.69) is 60.7 Å². The quantitative estimate of drug-likeness (QED) is 0.750. The minimum Gasteiger partial charge on any atom is -0.488 e. The van der Waals surface area contributed by atoms with Gasteiger partial charge in [-0.3, -0.25) is 0 Å². The van der Waals surface area contributed by atoms with Crippen molar-refractivity contribution >= 4 is 22.6 Å². The first-order valence-electron chi connectivity index (χ1n) is 5.61. The Morgan fingerprint density at radius 2 is 1.59 bits per heavy atom. The molecule has 2 rings (SSSR count). The maximum Gasteiger partial charge on any atom is 0.133 e. The molecule has 0 saturated heterocycles. The second-order valence-corrected chi connectivity index (χ2v) is 5.25. The van der Waals surface area contributed by atoms with Crippen molar-refractivity contribution in [1.82, 2.24) is 0 Å². The fourth-order valence-corrected chi connectivity index (χ4v) is 2.33. The zero-order valence-electron chi connectivity index (χ0n) is 10.0. The molecule has 2 heteroatoms. The Bertz CT molecular complexity index is 500. The van der Waals surface area contributed by atoms with Crippen LogP contribution in [0.25, 0.3) is 0 Å². The normalized spacial score (nSPS) is 10.3. The lowest BCUT2D eigenvalue weighted by molar-refractivity contribution is 0.302. The highest BCUT2D eigenvalue weighted by atomic mass is 127. The molecule has 0 fully saturated rings. The van der Waals surface area contributed by atoms with Crippen molar-refractivity contribution in [3.8, 4) is 5.75 Å². The molecular weight excluding hydrogens is 323 g/mol. The summed E-state index contributed by atoms with van der Waals surface area (Å²) in [5.74, 6) is 0.954. The van der Waals surface area contributed by atoms with Crippen LogP contribution in [0.2, 0.25) is 0 Å². The van der Waals surface area contributed by atoms with Crippen LogP contribution in [0, 0.1) is 17.4 Å². The summed E-state index contributed by atoms with van der Waals surface area (Å²) >= 11 is 2.30. The minimum absolute atomic E-state index is 0.637. The van der Waals surface area contributed by atoms with Crippen molar-refractivity contribution in [3.05, 3.63) is 62.7 Å². The predicted octanol–water partition coefficient (Wildman–Crippen LogP) is 4.49. The summed E-state index contributed by atoms with van der Waals surface area (Å²) in [7, 11) is 0. The molecule has 0 N–H and O–H groups in total. The molecule has 0 aliphatic carbocycles. The van der Waals surface area contributed by atoms with Crippen LogP contribution in [-0.4, -0.2) is 0 Å². The lowest BCUT2D eigenvalue weighted by Crippen LogP contribution is -2.01. The second kappa shape index (κ2) is 5.54. The van der Waals surface area contributed by atoms with Crippen LogP contribution in [-0.2, 0) is 6.61 Å². The number of para-hydroxylation sites is 1. The molecule has 0 amide bonds. The van der Waals surface area contributed by atoms with Crippen molar-refractivity contribution in [2.75, 3.05) is 0 Å². The van der Waals surface area contributed by atoms with Crippen molar-refractivity contribution < 1.29 is 4.74 Å². The van der Waals surface area contributed by atoms with E-state index in [9.17, 15) is 0 Å². The Hall–Kier alpha value is -1.03. The van der Waals surface area contributed by atoms with E-state index < -0.39 is 0 Å². The number of hydrogen-bond donors (Lipinski definition) is 0. The van der Waals surface area contributed by atoms with Crippen LogP contribution in [0.4, 0.5) is 0 Å². The summed E-state index contributed by atoms with van der Waals surface area (Å²) in [5.41, 5.74) is 3.86. The van der Waals surface area contributed by atoms with Crippen LogP contribution in [0.15, 0.2) is 42.5 Å². The van der Waals surface area contributed by atoms with E-state index in [1.807, 2.05) is 18.2 Å². The summed E-state index contributed by atoms with van der Waals surface area (Å²) in [6.07, 6.45) is 0. The molecule has 0 bridgehead atoms. The summed E-state index contributed by atoms with van der Waals surface area (Å²) in [6, 6.07) is 14.4. The third-order valence-corrected chi connectivity index (χ3v) is 3.74. The average molecular weight is 338 g/mol. The minimum atomic E-state index is 0.637. The lowest BCUT2D eigenvalue weighted by Gasteiger charge is -2.12. The molecule has 88 valence electrons. The topological polar surface area (TPSA) is 9.23 Å². The smallest absolute Gasteiger partial charge is 0.133 e. The number of benzene rings is 2. The first-order chi connectivity index (χ1) is 8.18. The molecule has 17 heavy (non-hydrogen) atoms. The van der Waals surface area contributed by atoms with E-state index in [1.165, 1.54) is 16.7 Å². The number of aryl methyl sites for hydroxylation is 2. The third kappa shape index (κ3) is 3.00. The van der Waals surface area contributed by atoms with Gasteiger partial charge in [0.1, 0.15) is 12.4 Å². The molecule has 0 unspecified atom stereocenters. The number of ether oxygens (including phenoxy) is 1. The lowest BCUT2D eigenvalue weighted by atomic mass is 10.0. The molecule has 0 atom stereocenters. The monoisotopic (exact) mass is 338 g/mol. The highest BCUT2D eigenvalue weighted by Gasteiger charge is 2.04. The Morgan fingerprint density at radius 1 is 0.941 bits per heavy atom. The maximum absolute atomic E-state index is 5.88. The van der Waals surface area contributed by atoms with Gasteiger partial charge in [0, 0.05) is 0 Å². The first-order valence-corrected chi connectivity index (χ1v) is 6.69. The van der Waals surface area contributed by atoms with Gasteiger partial charge in [0.05, 0.1) is 3.57 Å². The molecule has 0 radical (unpaired) electrons. The van der Waals surface area contributed by atoms with Gasteiger partial charge in [-0.15, -0.1) is 0 Å². The highest BCUT2D eigenvalue weighted by Crippen LogP contribution is 2.22. The number of halogens is 1. The maximum atomic E-state index is 5.88. The second-order valence-electron chi connectivity index (χ2n) is 4.09. The molecule has 0 spiro atoms. The van der Waals surface area contributed by atoms with Gasteiger partial charge >= 0.3 is 0 Å². The molecule has 1 nitrogen and oxygen atoms in total. The third-order valence-electron chi connectivity index (χ3n) is 2.85. The summed E-state index contributed by atoms with van der Waals surface area (Å²) in [4.78, 5) is 0. The van der Waals surface area contributed by atoms with E-state index in [0.29, 0.717) is 6.61 Å². The molecule has 2 aromatic carbocycles. The summed E-state index contributed by atoms with van der Waals surface area (Å²) < 4.78 is 7.03. The fraction of sp³-hybridized carbons (Fsp3) is 0.200. The highest BCUT2D eigenvalue weighted by molar-refractivity contribution is 14.1. The molecule has 0 aromatic heterocycles. The molecule has 0 aliphatic rings. The van der Waals surface area contributed by atoms with Crippen molar-refractivity contribution in [2.45, 2.75) is 20.5 Å². The van der Waals surface area contributed by atoms with E-state index in [-0.39, 0.29) is 0 Å². The largest absolute Gasteiger partial charge is 0.488 e. The Kier molecular flexibility index (Phi) is 4.05. The molecule has 0 saturated carbocycles. The summed E-state index contributed by atoms with van der Waals surface area (Å²) in [6.45, 7) is 4.89. The van der Waals surface area contributed by atoms with Crippen molar-refractivity contribution in [2.24, 2.45) is 0 Å². The van der Waals surface area contributed by atoms with Gasteiger partial charge in [0.25, 0.3) is 0 Å². The molecule has 2 aromatic rings. The Labute approximate surface area is 116 Å². The average Bonchev–Trinajstić information content (AvgIpc) is 2.30. The summed E-state index contributed by atoms with van der Waals surface area (Å²) in [5, 5.41) is 0. The van der Waals surface area contributed by atoms with Gasteiger partial charge < -0.3 is 4.74 Å². The fourth-order valence-electron chi connectivity index (χ4n) is 1.79. The first kappa shape index (κ1) is 12.4. The van der Waals surface area contributed by atoms with E-state index in [4.69, 9.17) is 4.74 Å². The predicted molar refractivity (Wildman–Crippen MR) is 79.4 cm³/mol. The van der Waals surface area contributed by atoms with E-state index in [0.717, 1.165) is 9.32 Å².